The second-order valence-corrected chi connectivity index (χ2v) is 5.51. The van der Waals surface area contributed by atoms with Crippen LogP contribution in [0.15, 0.2) is 54.6 Å². The molecule has 124 valence electrons. The number of Topliss-reactive ketones (excluding diaryl/α,β-unsaturated/α-hetero) is 1. The van der Waals surface area contributed by atoms with E-state index in [1.54, 1.807) is 43.3 Å². The van der Waals surface area contributed by atoms with Crippen molar-refractivity contribution in [3.8, 4) is 0 Å². The molecule has 0 bridgehead atoms. The Morgan fingerprint density at radius 1 is 0.958 bits per heavy atom. The third kappa shape index (κ3) is 4.38. The maximum absolute atomic E-state index is 12.5. The maximum Gasteiger partial charge on any atom is 0.316 e. The van der Waals surface area contributed by atoms with Crippen LogP contribution in [0, 0.1) is 5.92 Å². The van der Waals surface area contributed by atoms with Crippen LogP contribution >= 0.6 is 0 Å². The monoisotopic (exact) mass is 324 g/mol. The number of ketones is 2. The Balaban J connectivity index is 2.22. The van der Waals surface area contributed by atoms with Gasteiger partial charge in [0.05, 0.1) is 6.61 Å². The lowest BCUT2D eigenvalue weighted by molar-refractivity contribution is -0.151. The molecule has 0 fully saturated rings. The molecule has 0 aliphatic rings. The highest BCUT2D eigenvalue weighted by molar-refractivity contribution is 6.09. The first-order valence-corrected chi connectivity index (χ1v) is 7.88. The molecule has 0 saturated heterocycles. The average Bonchev–Trinajstić information content (AvgIpc) is 2.60. The zero-order chi connectivity index (χ0) is 17.5. The molecule has 0 N–H and O–H groups in total. The largest absolute Gasteiger partial charge is 0.465 e. The zero-order valence-electron chi connectivity index (χ0n) is 13.8. The average molecular weight is 324 g/mol. The van der Waals surface area contributed by atoms with Crippen molar-refractivity contribution in [3.63, 3.8) is 0 Å². The van der Waals surface area contributed by atoms with Crippen LogP contribution < -0.4 is 0 Å². The van der Waals surface area contributed by atoms with E-state index >= 15 is 0 Å². The van der Waals surface area contributed by atoms with Gasteiger partial charge in [0.2, 0.25) is 0 Å². The second kappa shape index (κ2) is 8.20. The molecule has 24 heavy (non-hydrogen) atoms. The normalized spacial score (nSPS) is 11.6. The highest BCUT2D eigenvalue weighted by Gasteiger charge is 2.25. The Morgan fingerprint density at radius 2 is 1.62 bits per heavy atom. The number of ether oxygens (including phenoxy) is 1. The maximum atomic E-state index is 12.5. The van der Waals surface area contributed by atoms with Gasteiger partial charge in [-0.05, 0) is 31.9 Å². The van der Waals surface area contributed by atoms with E-state index in [1.165, 1.54) is 6.92 Å². The number of esters is 1. The summed E-state index contributed by atoms with van der Waals surface area (Å²) in [5.41, 5.74) is 1.89. The quantitative estimate of drug-likeness (QED) is 0.446. The summed E-state index contributed by atoms with van der Waals surface area (Å²) in [6, 6.07) is 16.0. The molecule has 1 atom stereocenters. The first-order valence-electron chi connectivity index (χ1n) is 7.88. The van der Waals surface area contributed by atoms with Crippen molar-refractivity contribution in [2.45, 2.75) is 20.3 Å². The highest BCUT2D eigenvalue weighted by Crippen LogP contribution is 2.16. The van der Waals surface area contributed by atoms with Crippen molar-refractivity contribution in [3.05, 3.63) is 71.3 Å². The van der Waals surface area contributed by atoms with Gasteiger partial charge in [-0.15, -0.1) is 0 Å². The summed E-state index contributed by atoms with van der Waals surface area (Å²) in [6.45, 7) is 3.31. The second-order valence-electron chi connectivity index (χ2n) is 5.51. The Bertz CT molecular complexity index is 734. The van der Waals surface area contributed by atoms with Crippen LogP contribution in [0.1, 0.15) is 35.3 Å². The third-order valence-electron chi connectivity index (χ3n) is 3.73. The van der Waals surface area contributed by atoms with Gasteiger partial charge in [-0.3, -0.25) is 14.4 Å². The van der Waals surface area contributed by atoms with Gasteiger partial charge in [0.15, 0.2) is 5.78 Å². The van der Waals surface area contributed by atoms with E-state index in [4.69, 9.17) is 4.74 Å². The fourth-order valence-electron chi connectivity index (χ4n) is 2.47. The standard InChI is InChI=1S/C20H20O4/c1-3-24-20(23)18(14(2)21)13-15-8-7-11-17(12-15)19(22)16-9-5-4-6-10-16/h4-12,18H,3,13H2,1-2H3. The number of rotatable bonds is 7. The van der Waals surface area contributed by atoms with Crippen molar-refractivity contribution < 1.29 is 19.1 Å². The minimum atomic E-state index is -0.841. The van der Waals surface area contributed by atoms with Crippen LogP contribution in [-0.4, -0.2) is 24.1 Å². The van der Waals surface area contributed by atoms with Gasteiger partial charge in [0.1, 0.15) is 11.7 Å². The van der Waals surface area contributed by atoms with Crippen molar-refractivity contribution in [2.75, 3.05) is 6.61 Å². The fourth-order valence-corrected chi connectivity index (χ4v) is 2.47. The molecule has 0 saturated carbocycles. The van der Waals surface area contributed by atoms with E-state index in [2.05, 4.69) is 0 Å². The van der Waals surface area contributed by atoms with Crippen LogP contribution in [0.2, 0.25) is 0 Å². The summed E-state index contributed by atoms with van der Waals surface area (Å²) < 4.78 is 4.96. The number of carbonyl (C=O) groups excluding carboxylic acids is 3. The predicted octanol–water partition coefficient (Wildman–Crippen LogP) is 3.23. The third-order valence-corrected chi connectivity index (χ3v) is 3.73. The summed E-state index contributed by atoms with van der Waals surface area (Å²) in [5.74, 6) is -1.70. The lowest BCUT2D eigenvalue weighted by Crippen LogP contribution is -2.26. The molecule has 2 aromatic rings. The summed E-state index contributed by atoms with van der Waals surface area (Å²) >= 11 is 0. The molecule has 0 amide bonds. The number of hydrogen-bond acceptors (Lipinski definition) is 4. The van der Waals surface area contributed by atoms with E-state index in [0.717, 1.165) is 5.56 Å². The molecule has 4 nitrogen and oxygen atoms in total. The van der Waals surface area contributed by atoms with Crippen molar-refractivity contribution >= 4 is 17.5 Å². The molecule has 0 aliphatic carbocycles. The Labute approximate surface area is 141 Å². The molecule has 0 spiro atoms. The molecular weight excluding hydrogens is 304 g/mol. The summed E-state index contributed by atoms with van der Waals surface area (Å²) in [4.78, 5) is 36.2. The van der Waals surface area contributed by atoms with Gasteiger partial charge >= 0.3 is 5.97 Å². The number of benzene rings is 2. The van der Waals surface area contributed by atoms with Gasteiger partial charge in [0, 0.05) is 11.1 Å². The van der Waals surface area contributed by atoms with Crippen LogP contribution in [0.3, 0.4) is 0 Å². The Kier molecular flexibility index (Phi) is 6.01. The lowest BCUT2D eigenvalue weighted by Gasteiger charge is -2.13. The summed E-state index contributed by atoms with van der Waals surface area (Å²) in [7, 11) is 0. The van der Waals surface area contributed by atoms with E-state index in [1.807, 2.05) is 18.2 Å². The predicted molar refractivity (Wildman–Crippen MR) is 90.8 cm³/mol. The molecule has 2 aromatic carbocycles. The molecule has 2 rings (SSSR count). The lowest BCUT2D eigenvalue weighted by atomic mass is 9.93. The van der Waals surface area contributed by atoms with Crippen LogP contribution in [-0.2, 0) is 20.7 Å². The molecular formula is C20H20O4. The minimum absolute atomic E-state index is 0.0899. The summed E-state index contributed by atoms with van der Waals surface area (Å²) in [5, 5.41) is 0. The van der Waals surface area contributed by atoms with E-state index < -0.39 is 11.9 Å². The first kappa shape index (κ1) is 17.6. The minimum Gasteiger partial charge on any atom is -0.465 e. The van der Waals surface area contributed by atoms with Crippen molar-refractivity contribution in [1.82, 2.24) is 0 Å². The first-order chi connectivity index (χ1) is 11.5. The van der Waals surface area contributed by atoms with E-state index in [9.17, 15) is 14.4 Å². The fraction of sp³-hybridized carbons (Fsp3) is 0.250. The van der Waals surface area contributed by atoms with Gasteiger partial charge in [-0.2, -0.15) is 0 Å². The van der Waals surface area contributed by atoms with Gasteiger partial charge in [0.25, 0.3) is 0 Å². The van der Waals surface area contributed by atoms with Crippen molar-refractivity contribution in [2.24, 2.45) is 5.92 Å². The summed E-state index contributed by atoms with van der Waals surface area (Å²) in [6.07, 6.45) is 0.226. The SMILES string of the molecule is CCOC(=O)C(Cc1cccc(C(=O)c2ccccc2)c1)C(C)=O. The van der Waals surface area contributed by atoms with Crippen LogP contribution in [0.25, 0.3) is 0 Å². The van der Waals surface area contributed by atoms with Crippen LogP contribution in [0.5, 0.6) is 0 Å². The number of carbonyl (C=O) groups is 3. The highest BCUT2D eigenvalue weighted by atomic mass is 16.5. The smallest absolute Gasteiger partial charge is 0.316 e. The molecule has 0 aromatic heterocycles. The Morgan fingerprint density at radius 3 is 2.25 bits per heavy atom. The molecule has 4 heteroatoms. The Hall–Kier alpha value is -2.75. The van der Waals surface area contributed by atoms with Crippen molar-refractivity contribution in [1.29, 1.82) is 0 Å². The van der Waals surface area contributed by atoms with E-state index in [0.29, 0.717) is 11.1 Å². The zero-order valence-corrected chi connectivity index (χ0v) is 13.8. The topological polar surface area (TPSA) is 60.4 Å². The van der Waals surface area contributed by atoms with Crippen LogP contribution in [0.4, 0.5) is 0 Å². The molecule has 0 heterocycles. The van der Waals surface area contributed by atoms with Gasteiger partial charge in [-0.25, -0.2) is 0 Å². The van der Waals surface area contributed by atoms with Gasteiger partial charge in [-0.1, -0.05) is 48.5 Å². The molecule has 1 unspecified atom stereocenters. The molecule has 0 radical (unpaired) electrons. The van der Waals surface area contributed by atoms with E-state index in [-0.39, 0.29) is 24.6 Å². The van der Waals surface area contributed by atoms with Gasteiger partial charge < -0.3 is 4.74 Å². The molecule has 0 aliphatic heterocycles. The number of hydrogen-bond donors (Lipinski definition) is 0.